The van der Waals surface area contributed by atoms with E-state index in [0.29, 0.717) is 13.1 Å². The maximum Gasteiger partial charge on any atom is 0.178 e. The van der Waals surface area contributed by atoms with Crippen LogP contribution in [0.25, 0.3) is 0 Å². The summed E-state index contributed by atoms with van der Waals surface area (Å²) in [6.07, 6.45) is 0. The third kappa shape index (κ3) is 3.89. The predicted octanol–water partition coefficient (Wildman–Crippen LogP) is 0.594. The fourth-order valence-electron chi connectivity index (χ4n) is 2.41. The standard InChI is InChI=1S/C14H24N2O3/c1-4-16-11(2)9-13(12(16)3)14(19)10-15(5-7-17)6-8-18/h9,17-18H,4-8,10H2,1-3H3. The fourth-order valence-corrected chi connectivity index (χ4v) is 2.41. The highest BCUT2D eigenvalue weighted by Gasteiger charge is 2.17. The average molecular weight is 268 g/mol. The molecular weight excluding hydrogens is 244 g/mol. The molecule has 0 aromatic carbocycles. The number of rotatable bonds is 8. The van der Waals surface area contributed by atoms with Gasteiger partial charge in [-0.25, -0.2) is 0 Å². The molecule has 5 nitrogen and oxygen atoms in total. The molecule has 0 aliphatic rings. The monoisotopic (exact) mass is 268 g/mol. The third-order valence-corrected chi connectivity index (χ3v) is 3.39. The minimum absolute atomic E-state index is 0.0126. The molecule has 0 radical (unpaired) electrons. The smallest absolute Gasteiger partial charge is 0.178 e. The second kappa shape index (κ2) is 7.43. The number of hydrogen-bond acceptors (Lipinski definition) is 4. The molecule has 1 rings (SSSR count). The lowest BCUT2D eigenvalue weighted by molar-refractivity contribution is 0.0893. The first-order valence-corrected chi connectivity index (χ1v) is 6.69. The highest BCUT2D eigenvalue weighted by atomic mass is 16.3. The van der Waals surface area contributed by atoms with Gasteiger partial charge in [-0.05, 0) is 26.8 Å². The lowest BCUT2D eigenvalue weighted by Crippen LogP contribution is -2.34. The van der Waals surface area contributed by atoms with Crippen LogP contribution in [0.4, 0.5) is 0 Å². The molecule has 108 valence electrons. The molecule has 0 amide bonds. The summed E-state index contributed by atoms with van der Waals surface area (Å²) in [5.41, 5.74) is 2.80. The summed E-state index contributed by atoms with van der Waals surface area (Å²) in [5, 5.41) is 17.9. The second-order valence-corrected chi connectivity index (χ2v) is 4.68. The summed E-state index contributed by atoms with van der Waals surface area (Å²) in [7, 11) is 0. The van der Waals surface area contributed by atoms with Crippen LogP contribution >= 0.6 is 0 Å². The number of aliphatic hydroxyl groups is 2. The first-order valence-electron chi connectivity index (χ1n) is 6.69. The van der Waals surface area contributed by atoms with E-state index in [4.69, 9.17) is 10.2 Å². The molecule has 0 bridgehead atoms. The average Bonchev–Trinajstić information content (AvgIpc) is 2.65. The van der Waals surface area contributed by atoms with E-state index in [1.165, 1.54) is 0 Å². The first kappa shape index (κ1) is 15.9. The minimum atomic E-state index is -0.0126. The van der Waals surface area contributed by atoms with E-state index in [0.717, 1.165) is 23.5 Å². The summed E-state index contributed by atoms with van der Waals surface area (Å²) in [6.45, 7) is 7.86. The number of aryl methyl sites for hydroxylation is 1. The number of carbonyl (C=O) groups is 1. The number of aliphatic hydroxyl groups excluding tert-OH is 2. The van der Waals surface area contributed by atoms with Gasteiger partial charge in [-0.3, -0.25) is 9.69 Å². The zero-order valence-corrected chi connectivity index (χ0v) is 12.0. The van der Waals surface area contributed by atoms with E-state index in [1.807, 2.05) is 19.9 Å². The predicted molar refractivity (Wildman–Crippen MR) is 74.5 cm³/mol. The molecule has 1 aromatic heterocycles. The molecule has 0 fully saturated rings. The fraction of sp³-hybridized carbons (Fsp3) is 0.643. The van der Waals surface area contributed by atoms with Crippen molar-refractivity contribution in [3.8, 4) is 0 Å². The Morgan fingerprint density at radius 2 is 1.84 bits per heavy atom. The Kier molecular flexibility index (Phi) is 6.21. The Bertz CT molecular complexity index is 421. The van der Waals surface area contributed by atoms with Gasteiger partial charge >= 0.3 is 0 Å². The molecule has 2 N–H and O–H groups in total. The molecule has 0 spiro atoms. The lowest BCUT2D eigenvalue weighted by Gasteiger charge is -2.19. The maximum absolute atomic E-state index is 12.3. The lowest BCUT2D eigenvalue weighted by atomic mass is 10.1. The Balaban J connectivity index is 2.82. The van der Waals surface area contributed by atoms with Crippen molar-refractivity contribution in [2.75, 3.05) is 32.8 Å². The number of ketones is 1. The minimum Gasteiger partial charge on any atom is -0.395 e. The van der Waals surface area contributed by atoms with Crippen molar-refractivity contribution < 1.29 is 15.0 Å². The van der Waals surface area contributed by atoms with Gasteiger partial charge in [-0.1, -0.05) is 0 Å². The Labute approximate surface area is 114 Å². The molecule has 0 atom stereocenters. The van der Waals surface area contributed by atoms with Crippen molar-refractivity contribution in [2.45, 2.75) is 27.3 Å². The number of nitrogens with zero attached hydrogens (tertiary/aromatic N) is 2. The van der Waals surface area contributed by atoms with Crippen LogP contribution < -0.4 is 0 Å². The van der Waals surface area contributed by atoms with Crippen molar-refractivity contribution in [1.29, 1.82) is 0 Å². The zero-order chi connectivity index (χ0) is 14.4. The van der Waals surface area contributed by atoms with E-state index in [1.54, 1.807) is 4.90 Å². The molecule has 5 heteroatoms. The molecule has 0 unspecified atom stereocenters. The molecular formula is C14H24N2O3. The Morgan fingerprint density at radius 1 is 1.26 bits per heavy atom. The van der Waals surface area contributed by atoms with Crippen molar-refractivity contribution in [3.63, 3.8) is 0 Å². The van der Waals surface area contributed by atoms with Gasteiger partial charge in [0.25, 0.3) is 0 Å². The SMILES string of the molecule is CCn1c(C)cc(C(=O)CN(CCO)CCO)c1C. The van der Waals surface area contributed by atoms with Crippen molar-refractivity contribution in [2.24, 2.45) is 0 Å². The third-order valence-electron chi connectivity index (χ3n) is 3.39. The van der Waals surface area contributed by atoms with E-state index in [2.05, 4.69) is 11.5 Å². The molecule has 1 heterocycles. The van der Waals surface area contributed by atoms with Gasteiger partial charge in [0.15, 0.2) is 5.78 Å². The quantitative estimate of drug-likeness (QED) is 0.677. The molecule has 0 saturated carbocycles. The van der Waals surface area contributed by atoms with Gasteiger partial charge in [0.1, 0.15) is 0 Å². The Morgan fingerprint density at radius 3 is 2.26 bits per heavy atom. The highest BCUT2D eigenvalue weighted by molar-refractivity contribution is 5.99. The normalized spacial score (nSPS) is 11.3. The molecule has 1 aromatic rings. The van der Waals surface area contributed by atoms with Gasteiger partial charge in [-0.15, -0.1) is 0 Å². The van der Waals surface area contributed by atoms with Crippen molar-refractivity contribution in [1.82, 2.24) is 9.47 Å². The van der Waals surface area contributed by atoms with Crippen LogP contribution in [0.15, 0.2) is 6.07 Å². The van der Waals surface area contributed by atoms with Crippen molar-refractivity contribution >= 4 is 5.78 Å². The van der Waals surface area contributed by atoms with E-state index < -0.39 is 0 Å². The number of carbonyl (C=O) groups excluding carboxylic acids is 1. The van der Waals surface area contributed by atoms with Gasteiger partial charge in [0.2, 0.25) is 0 Å². The Hall–Kier alpha value is -1.17. The maximum atomic E-state index is 12.3. The van der Waals surface area contributed by atoms with Crippen LogP contribution in [0, 0.1) is 13.8 Å². The van der Waals surface area contributed by atoms with Crippen molar-refractivity contribution in [3.05, 3.63) is 23.0 Å². The largest absolute Gasteiger partial charge is 0.395 e. The summed E-state index contributed by atoms with van der Waals surface area (Å²) >= 11 is 0. The summed E-state index contributed by atoms with van der Waals surface area (Å²) < 4.78 is 2.11. The van der Waals surface area contributed by atoms with Crippen LogP contribution in [0.3, 0.4) is 0 Å². The van der Waals surface area contributed by atoms with Gasteiger partial charge < -0.3 is 14.8 Å². The van der Waals surface area contributed by atoms with E-state index in [-0.39, 0.29) is 25.5 Å². The zero-order valence-electron chi connectivity index (χ0n) is 12.0. The van der Waals surface area contributed by atoms with Gasteiger partial charge in [-0.2, -0.15) is 0 Å². The van der Waals surface area contributed by atoms with Crippen LogP contribution in [-0.2, 0) is 6.54 Å². The highest BCUT2D eigenvalue weighted by Crippen LogP contribution is 2.16. The van der Waals surface area contributed by atoms with Crippen LogP contribution in [-0.4, -0.2) is 58.3 Å². The van der Waals surface area contributed by atoms with E-state index in [9.17, 15) is 4.79 Å². The van der Waals surface area contributed by atoms with Gasteiger partial charge in [0, 0.05) is 36.6 Å². The summed E-state index contributed by atoms with van der Waals surface area (Å²) in [6, 6.07) is 1.91. The topological polar surface area (TPSA) is 65.7 Å². The van der Waals surface area contributed by atoms with Crippen LogP contribution in [0.1, 0.15) is 28.7 Å². The summed E-state index contributed by atoms with van der Waals surface area (Å²) in [4.78, 5) is 14.1. The number of aromatic nitrogens is 1. The van der Waals surface area contributed by atoms with Gasteiger partial charge in [0.05, 0.1) is 19.8 Å². The first-order chi connectivity index (χ1) is 9.04. The second-order valence-electron chi connectivity index (χ2n) is 4.68. The molecule has 0 aliphatic carbocycles. The molecule has 19 heavy (non-hydrogen) atoms. The molecule has 0 aliphatic heterocycles. The number of hydrogen-bond donors (Lipinski definition) is 2. The van der Waals surface area contributed by atoms with E-state index >= 15 is 0 Å². The number of Topliss-reactive ketones (excluding diaryl/α,β-unsaturated/α-hetero) is 1. The van der Waals surface area contributed by atoms with Crippen LogP contribution in [0.5, 0.6) is 0 Å². The summed E-state index contributed by atoms with van der Waals surface area (Å²) in [5.74, 6) is 0.0368. The van der Waals surface area contributed by atoms with Crippen LogP contribution in [0.2, 0.25) is 0 Å². The molecule has 0 saturated heterocycles.